The van der Waals surface area contributed by atoms with Gasteiger partial charge in [-0.15, -0.1) is 0 Å². The summed E-state index contributed by atoms with van der Waals surface area (Å²) in [6.07, 6.45) is 2.87. The largest absolute Gasteiger partial charge is 0.397 e. The van der Waals surface area contributed by atoms with Crippen LogP contribution in [0, 0.1) is 23.2 Å². The van der Waals surface area contributed by atoms with Crippen LogP contribution in [0.3, 0.4) is 0 Å². The van der Waals surface area contributed by atoms with Gasteiger partial charge in [-0.3, -0.25) is 0 Å². The van der Waals surface area contributed by atoms with Gasteiger partial charge in [0.1, 0.15) is 11.9 Å². The fraction of sp³-hybridized carbons (Fsp3) is 0.538. The topological polar surface area (TPSA) is 65.9 Å². The summed E-state index contributed by atoms with van der Waals surface area (Å²) in [5, 5.41) is 9.13. The lowest BCUT2D eigenvalue weighted by atomic mass is 9.92. The molecule has 0 amide bonds. The van der Waals surface area contributed by atoms with Crippen molar-refractivity contribution in [2.75, 3.05) is 23.7 Å². The molecule has 90 valence electrons. The molecule has 1 aromatic rings. The van der Waals surface area contributed by atoms with E-state index in [0.717, 1.165) is 18.9 Å². The summed E-state index contributed by atoms with van der Waals surface area (Å²) in [6, 6.07) is 3.88. The zero-order valence-electron chi connectivity index (χ0n) is 10.3. The molecule has 17 heavy (non-hydrogen) atoms. The van der Waals surface area contributed by atoms with Crippen molar-refractivity contribution in [2.45, 2.75) is 20.3 Å². The van der Waals surface area contributed by atoms with Gasteiger partial charge in [-0.05, 0) is 24.3 Å². The van der Waals surface area contributed by atoms with Crippen molar-refractivity contribution >= 4 is 11.5 Å². The van der Waals surface area contributed by atoms with E-state index in [1.165, 1.54) is 6.42 Å². The van der Waals surface area contributed by atoms with Crippen molar-refractivity contribution in [3.8, 4) is 6.07 Å². The fourth-order valence-corrected chi connectivity index (χ4v) is 2.64. The Morgan fingerprint density at radius 2 is 2.06 bits per heavy atom. The van der Waals surface area contributed by atoms with Crippen LogP contribution in [0.4, 0.5) is 11.5 Å². The summed E-state index contributed by atoms with van der Waals surface area (Å²) in [4.78, 5) is 6.53. The van der Waals surface area contributed by atoms with E-state index in [2.05, 4.69) is 29.8 Å². The third-order valence-electron chi connectivity index (χ3n) is 3.18. The molecule has 1 aliphatic heterocycles. The molecule has 0 bridgehead atoms. The summed E-state index contributed by atoms with van der Waals surface area (Å²) in [5.74, 6) is 2.06. The van der Waals surface area contributed by atoms with Crippen LogP contribution in [0.1, 0.15) is 25.8 Å². The number of rotatable bonds is 1. The molecule has 4 heteroatoms. The first-order valence-electron chi connectivity index (χ1n) is 6.00. The van der Waals surface area contributed by atoms with Crippen LogP contribution in [0.15, 0.2) is 12.3 Å². The molecule has 0 radical (unpaired) electrons. The number of nitrogens with zero attached hydrogens (tertiary/aromatic N) is 3. The van der Waals surface area contributed by atoms with Gasteiger partial charge in [-0.1, -0.05) is 13.8 Å². The van der Waals surface area contributed by atoms with Crippen LogP contribution in [0.5, 0.6) is 0 Å². The first kappa shape index (κ1) is 11.7. The number of anilines is 2. The zero-order chi connectivity index (χ0) is 12.4. The highest BCUT2D eigenvalue weighted by Gasteiger charge is 2.24. The predicted molar refractivity (Wildman–Crippen MR) is 68.5 cm³/mol. The standard InChI is InChI=1S/C13H18N4/c1-9-3-10(2)8-17(7-9)13-11(5-14)4-12(15)6-16-13/h4,6,9-10H,3,7-8,15H2,1-2H3. The van der Waals surface area contributed by atoms with E-state index in [4.69, 9.17) is 11.0 Å². The number of nitrogen functional groups attached to an aromatic ring is 1. The molecule has 0 aromatic carbocycles. The number of nitrogens with two attached hydrogens (primary N) is 1. The van der Waals surface area contributed by atoms with Gasteiger partial charge < -0.3 is 10.6 Å². The molecule has 1 saturated heterocycles. The molecule has 2 atom stereocenters. The van der Waals surface area contributed by atoms with Gasteiger partial charge in [0.15, 0.2) is 0 Å². The molecule has 1 fully saturated rings. The van der Waals surface area contributed by atoms with Gasteiger partial charge in [0.05, 0.1) is 17.4 Å². The average Bonchev–Trinajstić information content (AvgIpc) is 2.27. The summed E-state index contributed by atoms with van der Waals surface area (Å²) >= 11 is 0. The number of hydrogen-bond donors (Lipinski definition) is 1. The van der Waals surface area contributed by atoms with Crippen molar-refractivity contribution in [2.24, 2.45) is 11.8 Å². The third kappa shape index (κ3) is 2.50. The van der Waals surface area contributed by atoms with Gasteiger partial charge in [-0.2, -0.15) is 5.26 Å². The van der Waals surface area contributed by atoms with E-state index in [0.29, 0.717) is 23.1 Å². The van der Waals surface area contributed by atoms with Gasteiger partial charge in [0, 0.05) is 13.1 Å². The highest BCUT2D eigenvalue weighted by Crippen LogP contribution is 2.27. The Hall–Kier alpha value is -1.76. The lowest BCUT2D eigenvalue weighted by molar-refractivity contribution is 0.355. The highest BCUT2D eigenvalue weighted by molar-refractivity contribution is 5.59. The van der Waals surface area contributed by atoms with Gasteiger partial charge in [0.2, 0.25) is 0 Å². The van der Waals surface area contributed by atoms with E-state index >= 15 is 0 Å². The van der Waals surface area contributed by atoms with Crippen LogP contribution in [0.25, 0.3) is 0 Å². The number of aromatic nitrogens is 1. The van der Waals surface area contributed by atoms with Crippen molar-refractivity contribution in [3.05, 3.63) is 17.8 Å². The molecule has 4 nitrogen and oxygen atoms in total. The summed E-state index contributed by atoms with van der Waals surface area (Å²) in [5.41, 5.74) is 6.78. The molecular formula is C13H18N4. The Balaban J connectivity index is 2.30. The maximum absolute atomic E-state index is 9.13. The van der Waals surface area contributed by atoms with E-state index in [9.17, 15) is 0 Å². The lowest BCUT2D eigenvalue weighted by Crippen LogP contribution is -2.39. The molecule has 0 saturated carbocycles. The predicted octanol–water partition coefficient (Wildman–Crippen LogP) is 2.02. The molecule has 2 heterocycles. The van der Waals surface area contributed by atoms with Crippen LogP contribution in [-0.2, 0) is 0 Å². The van der Waals surface area contributed by atoms with Gasteiger partial charge in [-0.25, -0.2) is 4.98 Å². The van der Waals surface area contributed by atoms with Gasteiger partial charge >= 0.3 is 0 Å². The second kappa shape index (κ2) is 4.62. The van der Waals surface area contributed by atoms with E-state index in [-0.39, 0.29) is 0 Å². The molecule has 2 unspecified atom stereocenters. The van der Waals surface area contributed by atoms with Gasteiger partial charge in [0.25, 0.3) is 0 Å². The Kier molecular flexibility index (Phi) is 3.19. The molecule has 1 aliphatic rings. The SMILES string of the molecule is CC1CC(C)CN(c2ncc(N)cc2C#N)C1. The van der Waals surface area contributed by atoms with Crippen molar-refractivity contribution < 1.29 is 0 Å². The summed E-state index contributed by atoms with van der Waals surface area (Å²) < 4.78 is 0. The highest BCUT2D eigenvalue weighted by atomic mass is 15.2. The third-order valence-corrected chi connectivity index (χ3v) is 3.18. The molecule has 0 aliphatic carbocycles. The minimum Gasteiger partial charge on any atom is -0.397 e. The Morgan fingerprint density at radius 3 is 2.65 bits per heavy atom. The molecule has 1 aromatic heterocycles. The number of pyridine rings is 1. The van der Waals surface area contributed by atoms with Crippen molar-refractivity contribution in [1.29, 1.82) is 5.26 Å². The molecule has 2 rings (SSSR count). The van der Waals surface area contributed by atoms with Crippen LogP contribution in [-0.4, -0.2) is 18.1 Å². The quantitative estimate of drug-likeness (QED) is 0.801. The Bertz CT molecular complexity index is 439. The molecule has 0 spiro atoms. The number of hydrogen-bond acceptors (Lipinski definition) is 4. The zero-order valence-corrected chi connectivity index (χ0v) is 10.3. The van der Waals surface area contributed by atoms with E-state index < -0.39 is 0 Å². The minimum atomic E-state index is 0.545. The first-order chi connectivity index (χ1) is 8.10. The normalized spacial score (nSPS) is 24.4. The van der Waals surface area contributed by atoms with Crippen molar-refractivity contribution in [3.63, 3.8) is 0 Å². The number of nitriles is 1. The average molecular weight is 230 g/mol. The fourth-order valence-electron chi connectivity index (χ4n) is 2.64. The van der Waals surface area contributed by atoms with E-state index in [1.54, 1.807) is 12.3 Å². The lowest BCUT2D eigenvalue weighted by Gasteiger charge is -2.36. The smallest absolute Gasteiger partial charge is 0.146 e. The monoisotopic (exact) mass is 230 g/mol. The Morgan fingerprint density at radius 1 is 1.41 bits per heavy atom. The number of piperidine rings is 1. The summed E-state index contributed by atoms with van der Waals surface area (Å²) in [7, 11) is 0. The maximum Gasteiger partial charge on any atom is 0.146 e. The van der Waals surface area contributed by atoms with Crippen LogP contribution in [0.2, 0.25) is 0 Å². The molecular weight excluding hydrogens is 212 g/mol. The minimum absolute atomic E-state index is 0.545. The van der Waals surface area contributed by atoms with Crippen LogP contribution >= 0.6 is 0 Å². The van der Waals surface area contributed by atoms with Crippen LogP contribution < -0.4 is 10.6 Å². The maximum atomic E-state index is 9.13. The summed E-state index contributed by atoms with van der Waals surface area (Å²) in [6.45, 7) is 6.42. The molecule has 2 N–H and O–H groups in total. The van der Waals surface area contributed by atoms with E-state index in [1.807, 2.05) is 0 Å². The van der Waals surface area contributed by atoms with Crippen molar-refractivity contribution in [1.82, 2.24) is 4.98 Å². The Labute approximate surface area is 102 Å². The first-order valence-corrected chi connectivity index (χ1v) is 6.00. The second-order valence-corrected chi connectivity index (χ2v) is 5.10. The second-order valence-electron chi connectivity index (χ2n) is 5.10.